The van der Waals surface area contributed by atoms with E-state index >= 15 is 0 Å². The minimum absolute atomic E-state index is 0.0379. The fourth-order valence-corrected chi connectivity index (χ4v) is 1.07. The molecular weight excluding hydrogens is 235 g/mol. The van der Waals surface area contributed by atoms with Crippen LogP contribution in [0.25, 0.3) is 0 Å². The van der Waals surface area contributed by atoms with Crippen molar-refractivity contribution in [3.63, 3.8) is 0 Å². The van der Waals surface area contributed by atoms with Crippen LogP contribution < -0.4 is 10.5 Å². The zero-order chi connectivity index (χ0) is 11.6. The summed E-state index contributed by atoms with van der Waals surface area (Å²) in [5, 5.41) is -1.05. The first-order valence-corrected chi connectivity index (χ1v) is 4.02. The highest BCUT2D eigenvalue weighted by Gasteiger charge is 2.32. The van der Waals surface area contributed by atoms with Crippen LogP contribution in [0.4, 0.5) is 18.9 Å². The fourth-order valence-electron chi connectivity index (χ4n) is 0.910. The van der Waals surface area contributed by atoms with Gasteiger partial charge in [-0.25, -0.2) is 0 Å². The molecule has 0 unspecified atom stereocenters. The zero-order valence-electron chi connectivity index (χ0n) is 7.14. The van der Waals surface area contributed by atoms with Crippen molar-refractivity contribution in [2.24, 2.45) is 0 Å². The largest absolute Gasteiger partial charge is 0.573 e. The Labute approximate surface area is 87.6 Å². The summed E-state index contributed by atoms with van der Waals surface area (Å²) >= 11 is 5.06. The molecule has 1 aromatic carbocycles. The molecule has 0 saturated heterocycles. The van der Waals surface area contributed by atoms with Gasteiger partial charge < -0.3 is 10.5 Å². The molecule has 0 aromatic heterocycles. The number of carbonyl (C=O) groups excluding carboxylic acids is 1. The van der Waals surface area contributed by atoms with Crippen LogP contribution in [0.2, 0.25) is 0 Å². The van der Waals surface area contributed by atoms with Crippen LogP contribution in [-0.4, -0.2) is 11.6 Å². The zero-order valence-corrected chi connectivity index (χ0v) is 7.89. The van der Waals surface area contributed by atoms with Crippen molar-refractivity contribution in [3.05, 3.63) is 23.8 Å². The molecule has 0 amide bonds. The number of nitrogen functional groups attached to an aromatic ring is 1. The first kappa shape index (κ1) is 11.6. The van der Waals surface area contributed by atoms with E-state index < -0.39 is 17.4 Å². The number of ether oxygens (including phenoxy) is 1. The molecule has 1 aromatic rings. The molecule has 2 N–H and O–H groups in total. The Hall–Kier alpha value is -1.43. The average molecular weight is 240 g/mol. The minimum atomic E-state index is -4.89. The first-order valence-electron chi connectivity index (χ1n) is 3.65. The van der Waals surface area contributed by atoms with E-state index in [1.165, 1.54) is 6.07 Å². The quantitative estimate of drug-likeness (QED) is 0.637. The molecule has 82 valence electrons. The second kappa shape index (κ2) is 3.98. The Balaban J connectivity index is 3.13. The molecule has 0 heterocycles. The van der Waals surface area contributed by atoms with Crippen molar-refractivity contribution in [2.75, 3.05) is 5.73 Å². The van der Waals surface area contributed by atoms with Gasteiger partial charge in [0.1, 0.15) is 5.75 Å². The predicted molar refractivity (Wildman–Crippen MR) is 47.7 cm³/mol. The summed E-state index contributed by atoms with van der Waals surface area (Å²) in [5.74, 6) is -0.706. The van der Waals surface area contributed by atoms with Crippen LogP contribution >= 0.6 is 11.6 Å². The maximum absolute atomic E-state index is 11.9. The number of hydrogen-bond acceptors (Lipinski definition) is 3. The van der Waals surface area contributed by atoms with Gasteiger partial charge >= 0.3 is 6.36 Å². The highest BCUT2D eigenvalue weighted by Crippen LogP contribution is 2.29. The lowest BCUT2D eigenvalue weighted by Gasteiger charge is -2.11. The maximum Gasteiger partial charge on any atom is 0.573 e. The number of hydrogen-bond donors (Lipinski definition) is 1. The Morgan fingerprint density at radius 1 is 1.40 bits per heavy atom. The molecule has 0 spiro atoms. The molecule has 0 fully saturated rings. The van der Waals surface area contributed by atoms with Gasteiger partial charge in [-0.3, -0.25) is 4.79 Å². The molecule has 1 rings (SSSR count). The number of halogens is 4. The second-order valence-electron chi connectivity index (χ2n) is 2.58. The van der Waals surface area contributed by atoms with E-state index in [9.17, 15) is 18.0 Å². The van der Waals surface area contributed by atoms with Gasteiger partial charge in [-0.1, -0.05) is 0 Å². The molecule has 0 bridgehead atoms. The Morgan fingerprint density at radius 2 is 2.00 bits per heavy atom. The molecule has 0 aliphatic carbocycles. The van der Waals surface area contributed by atoms with Gasteiger partial charge in [0.2, 0.25) is 0 Å². The van der Waals surface area contributed by atoms with E-state index in [2.05, 4.69) is 4.74 Å². The smallest absolute Gasteiger partial charge is 0.405 e. The summed E-state index contributed by atoms with van der Waals surface area (Å²) in [7, 11) is 0. The van der Waals surface area contributed by atoms with E-state index in [1.54, 1.807) is 0 Å². The molecule has 0 aliphatic rings. The van der Waals surface area contributed by atoms with E-state index in [-0.39, 0.29) is 11.3 Å². The highest BCUT2D eigenvalue weighted by atomic mass is 35.5. The third-order valence-corrected chi connectivity index (χ3v) is 1.65. The molecule has 0 saturated carbocycles. The summed E-state index contributed by atoms with van der Waals surface area (Å²) in [5.41, 5.74) is 4.90. The molecule has 0 radical (unpaired) electrons. The molecule has 3 nitrogen and oxygen atoms in total. The summed E-state index contributed by atoms with van der Waals surface area (Å²) < 4.78 is 39.3. The standard InChI is InChI=1S/C8H5ClF3NO2/c9-7(14)5-2-1-4(13)3-6(5)15-8(10,11)12/h1-3H,13H2. The molecule has 0 aliphatic heterocycles. The van der Waals surface area contributed by atoms with Crippen LogP contribution in [0.15, 0.2) is 18.2 Å². The maximum atomic E-state index is 11.9. The second-order valence-corrected chi connectivity index (χ2v) is 2.92. The van der Waals surface area contributed by atoms with Crippen molar-refractivity contribution in [1.82, 2.24) is 0 Å². The number of carbonyl (C=O) groups is 1. The van der Waals surface area contributed by atoms with E-state index in [0.29, 0.717) is 0 Å². The van der Waals surface area contributed by atoms with Gasteiger partial charge in [0.15, 0.2) is 0 Å². The summed E-state index contributed by atoms with van der Waals surface area (Å²) in [6.07, 6.45) is -4.89. The van der Waals surface area contributed by atoms with Gasteiger partial charge in [0, 0.05) is 11.8 Å². The summed E-state index contributed by atoms with van der Waals surface area (Å²) in [4.78, 5) is 10.7. The van der Waals surface area contributed by atoms with Crippen molar-refractivity contribution in [3.8, 4) is 5.75 Å². The minimum Gasteiger partial charge on any atom is -0.405 e. The van der Waals surface area contributed by atoms with Crippen LogP contribution in [-0.2, 0) is 0 Å². The third kappa shape index (κ3) is 3.32. The van der Waals surface area contributed by atoms with Gasteiger partial charge in [-0.05, 0) is 23.7 Å². The summed E-state index contributed by atoms with van der Waals surface area (Å²) in [6.45, 7) is 0. The highest BCUT2D eigenvalue weighted by molar-refractivity contribution is 6.68. The van der Waals surface area contributed by atoms with Crippen molar-refractivity contribution >= 4 is 22.5 Å². The van der Waals surface area contributed by atoms with Gasteiger partial charge in [-0.2, -0.15) is 0 Å². The van der Waals surface area contributed by atoms with E-state index in [0.717, 1.165) is 12.1 Å². The van der Waals surface area contributed by atoms with E-state index in [1.807, 2.05) is 0 Å². The lowest BCUT2D eigenvalue weighted by Crippen LogP contribution is -2.18. The average Bonchev–Trinajstić information content (AvgIpc) is 1.99. The number of benzene rings is 1. The van der Waals surface area contributed by atoms with Crippen LogP contribution in [0, 0.1) is 0 Å². The Kier molecular flexibility index (Phi) is 3.09. The predicted octanol–water partition coefficient (Wildman–Crippen LogP) is 2.55. The summed E-state index contributed by atoms with van der Waals surface area (Å²) in [6, 6.07) is 3.19. The number of anilines is 1. The van der Waals surface area contributed by atoms with Crippen LogP contribution in [0.5, 0.6) is 5.75 Å². The number of alkyl halides is 3. The fraction of sp³-hybridized carbons (Fsp3) is 0.125. The molecule has 7 heteroatoms. The number of rotatable bonds is 2. The molecule has 0 atom stereocenters. The lowest BCUT2D eigenvalue weighted by atomic mass is 10.2. The van der Waals surface area contributed by atoms with Gasteiger partial charge in [0.25, 0.3) is 5.24 Å². The molecular formula is C8H5ClF3NO2. The van der Waals surface area contributed by atoms with Crippen LogP contribution in [0.1, 0.15) is 10.4 Å². The van der Waals surface area contributed by atoms with Crippen molar-refractivity contribution in [2.45, 2.75) is 6.36 Å². The van der Waals surface area contributed by atoms with Gasteiger partial charge in [-0.15, -0.1) is 13.2 Å². The number of nitrogens with two attached hydrogens (primary N) is 1. The topological polar surface area (TPSA) is 52.3 Å². The molecule has 15 heavy (non-hydrogen) atoms. The van der Waals surface area contributed by atoms with E-state index in [4.69, 9.17) is 17.3 Å². The SMILES string of the molecule is Nc1ccc(C(=O)Cl)c(OC(F)(F)F)c1. The third-order valence-electron chi connectivity index (χ3n) is 1.44. The first-order chi connectivity index (χ1) is 6.79. The normalized spacial score (nSPS) is 11.2. The lowest BCUT2D eigenvalue weighted by molar-refractivity contribution is -0.274. The Bertz CT molecular complexity index is 392. The Morgan fingerprint density at radius 3 is 2.47 bits per heavy atom. The van der Waals surface area contributed by atoms with Gasteiger partial charge in [0.05, 0.1) is 5.56 Å². The van der Waals surface area contributed by atoms with Crippen LogP contribution in [0.3, 0.4) is 0 Å². The monoisotopic (exact) mass is 239 g/mol. The van der Waals surface area contributed by atoms with Crippen molar-refractivity contribution in [1.29, 1.82) is 0 Å². The van der Waals surface area contributed by atoms with Crippen molar-refractivity contribution < 1.29 is 22.7 Å².